The first-order valence-corrected chi connectivity index (χ1v) is 6.72. The normalized spacial score (nSPS) is 18.2. The number of anilines is 2. The van der Waals surface area contributed by atoms with Crippen LogP contribution in [0.15, 0.2) is 42.6 Å². The maximum absolute atomic E-state index is 9.28. The molecule has 1 N–H and O–H groups in total. The molecule has 3 heteroatoms. The number of para-hydroxylation sites is 1. The van der Waals surface area contributed by atoms with Crippen molar-refractivity contribution in [1.82, 2.24) is 4.98 Å². The largest absolute Gasteiger partial charge is 0.392 e. The second-order valence-corrected chi connectivity index (χ2v) is 5.07. The Bertz CT molecular complexity index is 582. The second-order valence-electron chi connectivity index (χ2n) is 5.07. The predicted octanol–water partition coefficient (Wildman–Crippen LogP) is 3.05. The molecule has 3 rings (SSSR count). The Morgan fingerprint density at radius 2 is 2.16 bits per heavy atom. The zero-order valence-electron chi connectivity index (χ0n) is 11.1. The van der Waals surface area contributed by atoms with E-state index < -0.39 is 0 Å². The van der Waals surface area contributed by atoms with Gasteiger partial charge in [-0.3, -0.25) is 0 Å². The molecular weight excluding hydrogens is 236 g/mol. The molecule has 2 aromatic rings. The van der Waals surface area contributed by atoms with Crippen LogP contribution in [0.25, 0.3) is 0 Å². The molecular formula is C16H18N2O. The maximum atomic E-state index is 9.28. The molecule has 0 spiro atoms. The third kappa shape index (κ3) is 2.22. The fourth-order valence-electron chi connectivity index (χ4n) is 2.73. The molecule has 2 heterocycles. The van der Waals surface area contributed by atoms with Crippen LogP contribution < -0.4 is 4.90 Å². The van der Waals surface area contributed by atoms with Crippen LogP contribution in [-0.2, 0) is 13.0 Å². The van der Waals surface area contributed by atoms with E-state index in [9.17, 15) is 5.11 Å². The van der Waals surface area contributed by atoms with Crippen molar-refractivity contribution in [2.75, 3.05) is 4.90 Å². The van der Waals surface area contributed by atoms with Crippen molar-refractivity contribution in [2.45, 2.75) is 32.4 Å². The number of aromatic nitrogens is 1. The number of benzene rings is 1. The quantitative estimate of drug-likeness (QED) is 0.895. The minimum atomic E-state index is 0.0549. The number of nitrogens with zero attached hydrogens (tertiary/aromatic N) is 2. The number of rotatable bonds is 2. The average molecular weight is 254 g/mol. The Balaban J connectivity index is 2.07. The van der Waals surface area contributed by atoms with Crippen molar-refractivity contribution in [2.24, 2.45) is 0 Å². The van der Waals surface area contributed by atoms with Gasteiger partial charge in [0.1, 0.15) is 5.82 Å². The summed E-state index contributed by atoms with van der Waals surface area (Å²) in [5.41, 5.74) is 3.51. The molecule has 0 amide bonds. The summed E-state index contributed by atoms with van der Waals surface area (Å²) in [6.45, 7) is 2.28. The van der Waals surface area contributed by atoms with Crippen molar-refractivity contribution in [3.05, 3.63) is 53.7 Å². The Hall–Kier alpha value is -1.87. The van der Waals surface area contributed by atoms with Crippen molar-refractivity contribution < 1.29 is 5.11 Å². The predicted molar refractivity (Wildman–Crippen MR) is 76.5 cm³/mol. The Kier molecular flexibility index (Phi) is 3.22. The molecule has 0 aliphatic carbocycles. The standard InChI is InChI=1S/C16H18N2O/c1-12-6-7-14-4-2-3-5-15(14)18(12)16-10-13(11-19)8-9-17-16/h2-5,8-10,12,19H,6-7,11H2,1H3. The Morgan fingerprint density at radius 3 is 3.00 bits per heavy atom. The molecule has 0 fully saturated rings. The van der Waals surface area contributed by atoms with Gasteiger partial charge in [-0.25, -0.2) is 4.98 Å². The van der Waals surface area contributed by atoms with Gasteiger partial charge in [-0.1, -0.05) is 18.2 Å². The summed E-state index contributed by atoms with van der Waals surface area (Å²) in [5, 5.41) is 9.28. The van der Waals surface area contributed by atoms with Gasteiger partial charge >= 0.3 is 0 Å². The van der Waals surface area contributed by atoms with E-state index in [1.54, 1.807) is 6.20 Å². The summed E-state index contributed by atoms with van der Waals surface area (Å²) in [6.07, 6.45) is 4.01. The number of aryl methyl sites for hydroxylation is 1. The van der Waals surface area contributed by atoms with Crippen LogP contribution in [0.5, 0.6) is 0 Å². The van der Waals surface area contributed by atoms with E-state index in [1.807, 2.05) is 12.1 Å². The zero-order valence-corrected chi connectivity index (χ0v) is 11.1. The van der Waals surface area contributed by atoms with Gasteiger partial charge < -0.3 is 10.0 Å². The lowest BCUT2D eigenvalue weighted by molar-refractivity contribution is 0.281. The summed E-state index contributed by atoms with van der Waals surface area (Å²) in [5.74, 6) is 0.922. The molecule has 1 aromatic heterocycles. The molecule has 98 valence electrons. The van der Waals surface area contributed by atoms with Gasteiger partial charge in [0, 0.05) is 17.9 Å². The molecule has 1 atom stereocenters. The van der Waals surface area contributed by atoms with Gasteiger partial charge in [-0.15, -0.1) is 0 Å². The first-order valence-electron chi connectivity index (χ1n) is 6.72. The van der Waals surface area contributed by atoms with Gasteiger partial charge in [0.05, 0.1) is 6.61 Å². The highest BCUT2D eigenvalue weighted by molar-refractivity contribution is 5.66. The van der Waals surface area contributed by atoms with E-state index in [2.05, 4.69) is 41.1 Å². The Labute approximate surface area is 113 Å². The third-order valence-corrected chi connectivity index (χ3v) is 3.76. The number of pyridine rings is 1. The van der Waals surface area contributed by atoms with Crippen LogP contribution in [0.2, 0.25) is 0 Å². The molecule has 1 aromatic carbocycles. The SMILES string of the molecule is CC1CCc2ccccc2N1c1cc(CO)ccn1. The molecule has 0 bridgehead atoms. The van der Waals surface area contributed by atoms with Crippen molar-refractivity contribution in [3.63, 3.8) is 0 Å². The number of hydrogen-bond donors (Lipinski definition) is 1. The molecule has 0 radical (unpaired) electrons. The van der Waals surface area contributed by atoms with Gasteiger partial charge in [0.15, 0.2) is 0 Å². The summed E-state index contributed by atoms with van der Waals surface area (Å²) >= 11 is 0. The number of hydrogen-bond acceptors (Lipinski definition) is 3. The molecule has 0 saturated heterocycles. The summed E-state index contributed by atoms with van der Waals surface area (Å²) in [6, 6.07) is 12.7. The van der Waals surface area contributed by atoms with Crippen molar-refractivity contribution >= 4 is 11.5 Å². The fraction of sp³-hybridized carbons (Fsp3) is 0.312. The van der Waals surface area contributed by atoms with Crippen LogP contribution >= 0.6 is 0 Å². The lowest BCUT2D eigenvalue weighted by atomic mass is 9.96. The van der Waals surface area contributed by atoms with Gasteiger partial charge in [-0.05, 0) is 49.1 Å². The second kappa shape index (κ2) is 5.02. The van der Waals surface area contributed by atoms with E-state index in [4.69, 9.17) is 0 Å². The van der Waals surface area contributed by atoms with Crippen molar-refractivity contribution in [1.29, 1.82) is 0 Å². The van der Waals surface area contributed by atoms with Crippen LogP contribution in [0.3, 0.4) is 0 Å². The minimum absolute atomic E-state index is 0.0549. The average Bonchev–Trinajstić information content (AvgIpc) is 2.47. The van der Waals surface area contributed by atoms with Crippen LogP contribution in [0, 0.1) is 0 Å². The van der Waals surface area contributed by atoms with Crippen LogP contribution in [0.1, 0.15) is 24.5 Å². The number of aliphatic hydroxyl groups excluding tert-OH is 1. The Morgan fingerprint density at radius 1 is 1.32 bits per heavy atom. The van der Waals surface area contributed by atoms with Gasteiger partial charge in [0.2, 0.25) is 0 Å². The van der Waals surface area contributed by atoms with Gasteiger partial charge in [0.25, 0.3) is 0 Å². The molecule has 1 aliphatic rings. The molecule has 1 aliphatic heterocycles. The lowest BCUT2D eigenvalue weighted by Crippen LogP contribution is -2.33. The zero-order chi connectivity index (χ0) is 13.2. The van der Waals surface area contributed by atoms with Crippen LogP contribution in [0.4, 0.5) is 11.5 Å². The first-order chi connectivity index (χ1) is 9.29. The number of aliphatic hydroxyl groups is 1. The van der Waals surface area contributed by atoms with E-state index in [-0.39, 0.29) is 6.61 Å². The maximum Gasteiger partial charge on any atom is 0.133 e. The van der Waals surface area contributed by atoms with E-state index in [0.29, 0.717) is 6.04 Å². The van der Waals surface area contributed by atoms with E-state index >= 15 is 0 Å². The van der Waals surface area contributed by atoms with Crippen LogP contribution in [-0.4, -0.2) is 16.1 Å². The highest BCUT2D eigenvalue weighted by Gasteiger charge is 2.24. The van der Waals surface area contributed by atoms with E-state index in [1.165, 1.54) is 11.3 Å². The van der Waals surface area contributed by atoms with Gasteiger partial charge in [-0.2, -0.15) is 0 Å². The fourth-order valence-corrected chi connectivity index (χ4v) is 2.73. The number of fused-ring (bicyclic) bond motifs is 1. The highest BCUT2D eigenvalue weighted by Crippen LogP contribution is 2.35. The lowest BCUT2D eigenvalue weighted by Gasteiger charge is -2.36. The summed E-state index contributed by atoms with van der Waals surface area (Å²) < 4.78 is 0. The third-order valence-electron chi connectivity index (χ3n) is 3.76. The summed E-state index contributed by atoms with van der Waals surface area (Å²) in [7, 11) is 0. The minimum Gasteiger partial charge on any atom is -0.392 e. The van der Waals surface area contributed by atoms with Crippen molar-refractivity contribution in [3.8, 4) is 0 Å². The first kappa shape index (κ1) is 12.2. The molecule has 3 nitrogen and oxygen atoms in total. The highest BCUT2D eigenvalue weighted by atomic mass is 16.3. The molecule has 0 saturated carbocycles. The topological polar surface area (TPSA) is 36.4 Å². The monoisotopic (exact) mass is 254 g/mol. The molecule has 19 heavy (non-hydrogen) atoms. The summed E-state index contributed by atoms with van der Waals surface area (Å²) in [4.78, 5) is 6.75. The smallest absolute Gasteiger partial charge is 0.133 e. The molecule has 1 unspecified atom stereocenters. The van der Waals surface area contributed by atoms with E-state index in [0.717, 1.165) is 24.2 Å².